The van der Waals surface area contributed by atoms with Gasteiger partial charge in [-0.25, -0.2) is 4.98 Å². The predicted molar refractivity (Wildman–Crippen MR) is 153 cm³/mol. The third kappa shape index (κ3) is 5.07. The minimum atomic E-state index is -0.692. The molecule has 0 saturated carbocycles. The molecular formula is C29H33N7O3. The Morgan fingerprint density at radius 3 is 2.56 bits per heavy atom. The van der Waals surface area contributed by atoms with Crippen LogP contribution in [-0.2, 0) is 9.59 Å². The summed E-state index contributed by atoms with van der Waals surface area (Å²) in [6.07, 6.45) is 7.48. The molecule has 1 unspecified atom stereocenters. The standard InChI is InChI=1S/C29H33N7O3/c1-18(2)36-16-22-15-21(9-10-25(22)32-36)23-7-6-8-24-26(23)30-17-35(29(24)39)20(4)27(37)31-19(3)28(38)34-13-11-33(5)12-14-34/h6-10,15,17-18,22H,3-4,11-14,16H2,1-2,5H3,(H,31,37). The SMILES string of the molecule is C=C(NC(=O)C(=C)n1cnc2c(C3=CC4CN(C(C)C)N=C4C=C3)cccc2c1=O)C(=O)N1CCN(C)CC1. The Morgan fingerprint density at radius 2 is 1.85 bits per heavy atom. The van der Waals surface area contributed by atoms with Gasteiger partial charge in [-0.3, -0.25) is 24.0 Å². The zero-order valence-corrected chi connectivity index (χ0v) is 22.6. The Kier molecular flexibility index (Phi) is 7.05. The minimum Gasteiger partial charge on any atom is -0.335 e. The number of hydrazone groups is 1. The van der Waals surface area contributed by atoms with Crippen molar-refractivity contribution >= 4 is 39.7 Å². The number of nitrogens with one attached hydrogen (secondary N) is 1. The van der Waals surface area contributed by atoms with Gasteiger partial charge in [0.25, 0.3) is 17.4 Å². The molecule has 3 aliphatic rings. The van der Waals surface area contributed by atoms with E-state index >= 15 is 0 Å². The van der Waals surface area contributed by atoms with Gasteiger partial charge in [0, 0.05) is 50.2 Å². The quantitative estimate of drug-likeness (QED) is 0.576. The number of hydrogen-bond donors (Lipinski definition) is 1. The summed E-state index contributed by atoms with van der Waals surface area (Å²) in [5.41, 5.74) is 2.73. The van der Waals surface area contributed by atoms with E-state index in [1.165, 1.54) is 6.33 Å². The summed E-state index contributed by atoms with van der Waals surface area (Å²) < 4.78 is 1.10. The summed E-state index contributed by atoms with van der Waals surface area (Å²) >= 11 is 0. The number of allylic oxidation sites excluding steroid dienone is 3. The second-order valence-corrected chi connectivity index (χ2v) is 10.4. The predicted octanol–water partition coefficient (Wildman–Crippen LogP) is 1.92. The number of amides is 2. The molecule has 0 spiro atoms. The number of likely N-dealkylation sites (N-methyl/N-ethyl adjacent to an activating group) is 1. The summed E-state index contributed by atoms with van der Waals surface area (Å²) in [7, 11) is 1.99. The molecule has 1 atom stereocenters. The number of para-hydroxylation sites is 1. The van der Waals surface area contributed by atoms with E-state index < -0.39 is 11.5 Å². The van der Waals surface area contributed by atoms with Gasteiger partial charge < -0.3 is 15.1 Å². The zero-order valence-electron chi connectivity index (χ0n) is 22.6. The lowest BCUT2D eigenvalue weighted by molar-refractivity contribution is -0.130. The second-order valence-electron chi connectivity index (χ2n) is 10.4. The maximum atomic E-state index is 13.4. The molecule has 1 aliphatic carbocycles. The topological polar surface area (TPSA) is 103 Å². The van der Waals surface area contributed by atoms with E-state index in [9.17, 15) is 14.4 Å². The molecule has 1 N–H and O–H groups in total. The first-order valence-corrected chi connectivity index (χ1v) is 13.1. The van der Waals surface area contributed by atoms with Crippen LogP contribution in [0, 0.1) is 5.92 Å². The van der Waals surface area contributed by atoms with Crippen LogP contribution in [0.3, 0.4) is 0 Å². The van der Waals surface area contributed by atoms with Crippen LogP contribution >= 0.6 is 0 Å². The Hall–Kier alpha value is -4.31. The van der Waals surface area contributed by atoms with Crippen molar-refractivity contribution in [1.29, 1.82) is 0 Å². The van der Waals surface area contributed by atoms with Crippen LogP contribution in [0.2, 0.25) is 0 Å². The van der Waals surface area contributed by atoms with Gasteiger partial charge in [-0.2, -0.15) is 5.10 Å². The van der Waals surface area contributed by atoms with E-state index in [1.807, 2.05) is 25.3 Å². The van der Waals surface area contributed by atoms with E-state index in [-0.39, 0.29) is 23.2 Å². The highest BCUT2D eigenvalue weighted by atomic mass is 16.2. The van der Waals surface area contributed by atoms with Crippen LogP contribution in [0.15, 0.2) is 71.5 Å². The first kappa shape index (κ1) is 26.3. The Morgan fingerprint density at radius 1 is 1.10 bits per heavy atom. The molecule has 1 fully saturated rings. The molecule has 0 radical (unpaired) electrons. The van der Waals surface area contributed by atoms with Gasteiger partial charge in [0.2, 0.25) is 0 Å². The largest absolute Gasteiger partial charge is 0.335 e. The molecule has 1 aromatic carbocycles. The van der Waals surface area contributed by atoms with Crippen LogP contribution in [0.4, 0.5) is 0 Å². The summed E-state index contributed by atoms with van der Waals surface area (Å²) in [6, 6.07) is 5.74. The molecular weight excluding hydrogens is 494 g/mol. The fourth-order valence-corrected chi connectivity index (χ4v) is 4.96. The summed E-state index contributed by atoms with van der Waals surface area (Å²) in [5.74, 6) is -0.866. The van der Waals surface area contributed by atoms with Crippen molar-refractivity contribution in [3.8, 4) is 0 Å². The van der Waals surface area contributed by atoms with Gasteiger partial charge in [0.05, 0.1) is 22.3 Å². The van der Waals surface area contributed by atoms with Gasteiger partial charge in [-0.05, 0) is 38.6 Å². The number of carbonyl (C=O) groups excluding carboxylic acids is 2. The van der Waals surface area contributed by atoms with E-state index in [4.69, 9.17) is 5.10 Å². The van der Waals surface area contributed by atoms with Crippen LogP contribution in [0.5, 0.6) is 0 Å². The number of hydrogen-bond acceptors (Lipinski definition) is 7. The van der Waals surface area contributed by atoms with Crippen LogP contribution in [0.25, 0.3) is 22.2 Å². The van der Waals surface area contributed by atoms with Gasteiger partial charge >= 0.3 is 0 Å². The van der Waals surface area contributed by atoms with Crippen molar-refractivity contribution in [3.05, 3.63) is 77.5 Å². The second kappa shape index (κ2) is 10.5. The highest BCUT2D eigenvalue weighted by molar-refractivity contribution is 6.15. The van der Waals surface area contributed by atoms with E-state index in [2.05, 4.69) is 53.3 Å². The lowest BCUT2D eigenvalue weighted by Crippen LogP contribution is -2.49. The number of piperazine rings is 1. The maximum Gasteiger partial charge on any atom is 0.272 e. The molecule has 3 heterocycles. The molecule has 2 aromatic rings. The molecule has 2 amide bonds. The Bertz CT molecular complexity index is 1520. The summed E-state index contributed by atoms with van der Waals surface area (Å²) in [5, 5.41) is 9.63. The third-order valence-corrected chi connectivity index (χ3v) is 7.38. The van der Waals surface area contributed by atoms with Gasteiger partial charge in [0.15, 0.2) is 0 Å². The first-order valence-electron chi connectivity index (χ1n) is 13.1. The normalized spacial score (nSPS) is 19.1. The van der Waals surface area contributed by atoms with Crippen molar-refractivity contribution in [2.24, 2.45) is 11.0 Å². The lowest BCUT2D eigenvalue weighted by Gasteiger charge is -2.32. The van der Waals surface area contributed by atoms with Crippen LogP contribution < -0.4 is 10.9 Å². The van der Waals surface area contributed by atoms with E-state index in [0.29, 0.717) is 30.0 Å². The molecule has 1 saturated heterocycles. The maximum absolute atomic E-state index is 13.4. The average Bonchev–Trinajstić information content (AvgIpc) is 3.37. The fraction of sp³-hybridized carbons (Fsp3) is 0.345. The molecule has 202 valence electrons. The molecule has 39 heavy (non-hydrogen) atoms. The summed E-state index contributed by atoms with van der Waals surface area (Å²) in [4.78, 5) is 47.4. The van der Waals surface area contributed by atoms with Gasteiger partial charge in [-0.1, -0.05) is 37.4 Å². The molecule has 10 nitrogen and oxygen atoms in total. The number of rotatable bonds is 6. The Labute approximate surface area is 227 Å². The fourth-order valence-electron chi connectivity index (χ4n) is 4.96. The van der Waals surface area contributed by atoms with Crippen molar-refractivity contribution in [3.63, 3.8) is 0 Å². The monoisotopic (exact) mass is 527 g/mol. The van der Waals surface area contributed by atoms with Gasteiger partial charge in [0.1, 0.15) is 12.0 Å². The lowest BCUT2D eigenvalue weighted by atomic mass is 9.90. The first-order chi connectivity index (χ1) is 18.6. The van der Waals surface area contributed by atoms with E-state index in [0.717, 1.165) is 41.0 Å². The molecule has 10 heteroatoms. The Balaban J connectivity index is 1.35. The number of nitrogens with zero attached hydrogens (tertiary/aromatic N) is 6. The molecule has 1 aromatic heterocycles. The van der Waals surface area contributed by atoms with Crippen molar-refractivity contribution < 1.29 is 9.59 Å². The molecule has 2 aliphatic heterocycles. The number of benzene rings is 1. The number of carbonyl (C=O) groups is 2. The number of aromatic nitrogens is 2. The van der Waals surface area contributed by atoms with Gasteiger partial charge in [-0.15, -0.1) is 0 Å². The summed E-state index contributed by atoms with van der Waals surface area (Å²) in [6.45, 7) is 15.2. The minimum absolute atomic E-state index is 0.0586. The highest BCUT2D eigenvalue weighted by Crippen LogP contribution is 2.31. The molecule has 5 rings (SSSR count). The van der Waals surface area contributed by atoms with Crippen molar-refractivity contribution in [2.45, 2.75) is 19.9 Å². The smallest absolute Gasteiger partial charge is 0.272 e. The highest BCUT2D eigenvalue weighted by Gasteiger charge is 2.28. The van der Waals surface area contributed by atoms with Crippen LogP contribution in [-0.4, -0.2) is 87.7 Å². The van der Waals surface area contributed by atoms with Crippen molar-refractivity contribution in [2.75, 3.05) is 39.8 Å². The van der Waals surface area contributed by atoms with E-state index in [1.54, 1.807) is 17.0 Å². The number of fused-ring (bicyclic) bond motifs is 2. The average molecular weight is 528 g/mol. The third-order valence-electron chi connectivity index (χ3n) is 7.38. The van der Waals surface area contributed by atoms with Crippen LogP contribution in [0.1, 0.15) is 19.4 Å². The molecule has 0 bridgehead atoms. The zero-order chi connectivity index (χ0) is 27.8. The van der Waals surface area contributed by atoms with Crippen molar-refractivity contribution in [1.82, 2.24) is 29.7 Å².